The molecule has 0 fully saturated rings. The molecule has 2 aromatic rings. The van der Waals surface area contributed by atoms with Crippen molar-refractivity contribution >= 4 is 15.9 Å². The third-order valence-electron chi connectivity index (χ3n) is 3.18. The van der Waals surface area contributed by atoms with E-state index in [1.54, 1.807) is 18.3 Å². The molecule has 0 aliphatic heterocycles. The Balaban J connectivity index is 1.96. The zero-order valence-corrected chi connectivity index (χ0v) is 13.7. The van der Waals surface area contributed by atoms with Gasteiger partial charge in [-0.05, 0) is 17.7 Å². The molecule has 1 amide bonds. The van der Waals surface area contributed by atoms with Crippen molar-refractivity contribution in [3.05, 3.63) is 66.0 Å². The van der Waals surface area contributed by atoms with E-state index in [-0.39, 0.29) is 25.5 Å². The number of amides is 1. The Morgan fingerprint density at radius 3 is 2.43 bits per heavy atom. The van der Waals surface area contributed by atoms with Gasteiger partial charge in [-0.15, -0.1) is 0 Å². The maximum absolute atomic E-state index is 12.0. The Kier molecular flexibility index (Phi) is 5.84. The van der Waals surface area contributed by atoms with Gasteiger partial charge in [0.25, 0.3) is 0 Å². The van der Waals surface area contributed by atoms with Crippen molar-refractivity contribution in [2.24, 2.45) is 0 Å². The van der Waals surface area contributed by atoms with E-state index in [1.807, 2.05) is 36.4 Å². The molecule has 6 nitrogen and oxygen atoms in total. The molecule has 0 saturated carbocycles. The molecule has 0 spiro atoms. The van der Waals surface area contributed by atoms with Crippen LogP contribution in [0, 0.1) is 0 Å². The van der Waals surface area contributed by atoms with Crippen LogP contribution in [0.5, 0.6) is 0 Å². The quantitative estimate of drug-likeness (QED) is 0.824. The van der Waals surface area contributed by atoms with Crippen LogP contribution in [-0.4, -0.2) is 36.4 Å². The number of benzene rings is 1. The lowest BCUT2D eigenvalue weighted by molar-refractivity contribution is -0.121. The largest absolute Gasteiger partial charge is 0.349 e. The molecule has 0 aliphatic carbocycles. The average Bonchev–Trinajstić information content (AvgIpc) is 2.53. The summed E-state index contributed by atoms with van der Waals surface area (Å²) in [6.45, 7) is 0.208. The monoisotopic (exact) mass is 333 g/mol. The number of hydrogen-bond donors (Lipinski definition) is 1. The minimum absolute atomic E-state index is 0.163. The summed E-state index contributed by atoms with van der Waals surface area (Å²) in [6.07, 6.45) is 2.74. The van der Waals surface area contributed by atoms with Crippen LogP contribution in [0.1, 0.15) is 11.3 Å². The highest BCUT2D eigenvalue weighted by Crippen LogP contribution is 2.08. The molecule has 1 N–H and O–H groups in total. The van der Waals surface area contributed by atoms with Gasteiger partial charge in [0.2, 0.25) is 15.9 Å². The highest BCUT2D eigenvalue weighted by Gasteiger charge is 2.20. The van der Waals surface area contributed by atoms with E-state index in [4.69, 9.17) is 0 Å². The number of nitrogens with zero attached hydrogens (tertiary/aromatic N) is 2. The smallest absolute Gasteiger partial charge is 0.235 e. The number of pyridine rings is 1. The number of sulfonamides is 1. The average molecular weight is 333 g/mol. The van der Waals surface area contributed by atoms with Crippen molar-refractivity contribution in [2.45, 2.75) is 13.1 Å². The van der Waals surface area contributed by atoms with Crippen LogP contribution in [-0.2, 0) is 27.9 Å². The van der Waals surface area contributed by atoms with E-state index in [0.717, 1.165) is 21.8 Å². The van der Waals surface area contributed by atoms with Crippen molar-refractivity contribution in [1.82, 2.24) is 14.6 Å². The molecule has 1 heterocycles. The van der Waals surface area contributed by atoms with E-state index in [1.165, 1.54) is 0 Å². The van der Waals surface area contributed by atoms with Crippen LogP contribution in [0.3, 0.4) is 0 Å². The van der Waals surface area contributed by atoms with Gasteiger partial charge in [-0.1, -0.05) is 36.4 Å². The number of hydrogen-bond acceptors (Lipinski definition) is 4. The molecular weight excluding hydrogens is 314 g/mol. The Labute approximate surface area is 136 Å². The zero-order valence-electron chi connectivity index (χ0n) is 12.8. The summed E-state index contributed by atoms with van der Waals surface area (Å²) in [5.41, 5.74) is 1.55. The highest BCUT2D eigenvalue weighted by atomic mass is 32.2. The third kappa shape index (κ3) is 5.80. The minimum atomic E-state index is -3.48. The molecule has 0 saturated heterocycles. The van der Waals surface area contributed by atoms with E-state index < -0.39 is 10.0 Å². The van der Waals surface area contributed by atoms with Gasteiger partial charge in [0, 0.05) is 12.7 Å². The SMILES string of the molecule is CS(=O)(=O)N(CC(=O)NCc1ccccn1)Cc1ccccc1. The number of rotatable bonds is 7. The second-order valence-corrected chi connectivity index (χ2v) is 7.10. The normalized spacial score (nSPS) is 11.4. The first-order valence-corrected chi connectivity index (χ1v) is 8.95. The lowest BCUT2D eigenvalue weighted by Gasteiger charge is -2.19. The first kappa shape index (κ1) is 17.1. The molecule has 0 bridgehead atoms. The van der Waals surface area contributed by atoms with Gasteiger partial charge >= 0.3 is 0 Å². The van der Waals surface area contributed by atoms with Crippen LogP contribution in [0.25, 0.3) is 0 Å². The molecule has 1 aromatic carbocycles. The van der Waals surface area contributed by atoms with Gasteiger partial charge in [0.1, 0.15) is 0 Å². The molecule has 2 rings (SSSR count). The summed E-state index contributed by atoms with van der Waals surface area (Å²) in [7, 11) is -3.48. The maximum atomic E-state index is 12.0. The summed E-state index contributed by atoms with van der Waals surface area (Å²) in [6, 6.07) is 14.6. The van der Waals surface area contributed by atoms with Crippen molar-refractivity contribution in [3.8, 4) is 0 Å². The second-order valence-electron chi connectivity index (χ2n) is 5.11. The minimum Gasteiger partial charge on any atom is -0.349 e. The first-order chi connectivity index (χ1) is 10.9. The van der Waals surface area contributed by atoms with Gasteiger partial charge < -0.3 is 5.32 Å². The van der Waals surface area contributed by atoms with Crippen molar-refractivity contribution in [3.63, 3.8) is 0 Å². The van der Waals surface area contributed by atoms with Crippen LogP contribution in [0.4, 0.5) is 0 Å². The van der Waals surface area contributed by atoms with Gasteiger partial charge in [-0.3, -0.25) is 9.78 Å². The number of nitrogens with one attached hydrogen (secondary N) is 1. The Bertz CT molecular complexity index is 734. The third-order valence-corrected chi connectivity index (χ3v) is 4.38. The lowest BCUT2D eigenvalue weighted by atomic mass is 10.2. The van der Waals surface area contributed by atoms with Crippen LogP contribution in [0.15, 0.2) is 54.7 Å². The number of aromatic nitrogens is 1. The molecule has 122 valence electrons. The lowest BCUT2D eigenvalue weighted by Crippen LogP contribution is -2.39. The predicted molar refractivity (Wildman–Crippen MR) is 87.8 cm³/mol. The standard InChI is InChI=1S/C16H19N3O3S/c1-23(21,22)19(12-14-7-3-2-4-8-14)13-16(20)18-11-15-9-5-6-10-17-15/h2-10H,11-13H2,1H3,(H,18,20). The van der Waals surface area contributed by atoms with Crippen LogP contribution < -0.4 is 5.32 Å². The molecule has 0 radical (unpaired) electrons. The summed E-state index contributed by atoms with van der Waals surface area (Å²) < 4.78 is 24.9. The van der Waals surface area contributed by atoms with Gasteiger partial charge in [0.05, 0.1) is 25.0 Å². The summed E-state index contributed by atoms with van der Waals surface area (Å²) in [5, 5.41) is 2.68. The number of carbonyl (C=O) groups excluding carboxylic acids is 1. The summed E-state index contributed by atoms with van der Waals surface area (Å²) in [5.74, 6) is -0.364. The zero-order chi connectivity index (χ0) is 16.7. The van der Waals surface area contributed by atoms with Crippen LogP contribution >= 0.6 is 0 Å². The van der Waals surface area contributed by atoms with E-state index >= 15 is 0 Å². The molecule has 0 atom stereocenters. The maximum Gasteiger partial charge on any atom is 0.235 e. The molecule has 1 aromatic heterocycles. The fraction of sp³-hybridized carbons (Fsp3) is 0.250. The van der Waals surface area contributed by atoms with Crippen molar-refractivity contribution in [1.29, 1.82) is 0 Å². The number of carbonyl (C=O) groups is 1. The van der Waals surface area contributed by atoms with Crippen molar-refractivity contribution < 1.29 is 13.2 Å². The molecule has 0 aliphatic rings. The molecule has 0 unspecified atom stereocenters. The Morgan fingerprint density at radius 1 is 1.13 bits per heavy atom. The highest BCUT2D eigenvalue weighted by molar-refractivity contribution is 7.88. The molecular formula is C16H19N3O3S. The predicted octanol–water partition coefficient (Wildman–Crippen LogP) is 1.16. The first-order valence-electron chi connectivity index (χ1n) is 7.11. The molecule has 23 heavy (non-hydrogen) atoms. The van der Waals surface area contributed by atoms with E-state index in [2.05, 4.69) is 10.3 Å². The van der Waals surface area contributed by atoms with Gasteiger partial charge in [-0.2, -0.15) is 4.31 Å². The second kappa shape index (κ2) is 7.85. The van der Waals surface area contributed by atoms with Gasteiger partial charge in [-0.25, -0.2) is 8.42 Å². The molecule has 7 heteroatoms. The van der Waals surface area contributed by atoms with E-state index in [9.17, 15) is 13.2 Å². The summed E-state index contributed by atoms with van der Waals surface area (Å²) >= 11 is 0. The van der Waals surface area contributed by atoms with Crippen LogP contribution in [0.2, 0.25) is 0 Å². The Hall–Kier alpha value is -2.25. The summed E-state index contributed by atoms with van der Waals surface area (Å²) in [4.78, 5) is 16.1. The fourth-order valence-corrected chi connectivity index (χ4v) is 2.72. The van der Waals surface area contributed by atoms with Gasteiger partial charge in [0.15, 0.2) is 0 Å². The fourth-order valence-electron chi connectivity index (χ4n) is 1.99. The topological polar surface area (TPSA) is 79.4 Å². The van der Waals surface area contributed by atoms with Crippen molar-refractivity contribution in [2.75, 3.05) is 12.8 Å². The van der Waals surface area contributed by atoms with E-state index in [0.29, 0.717) is 0 Å². The Morgan fingerprint density at radius 2 is 1.83 bits per heavy atom.